The molecule has 0 atom stereocenters. The van der Waals surface area contributed by atoms with Crippen LogP contribution < -0.4 is 11.1 Å². The number of benzene rings is 1. The van der Waals surface area contributed by atoms with Gasteiger partial charge in [-0.2, -0.15) is 8.78 Å². The first-order valence-corrected chi connectivity index (χ1v) is 5.07. The van der Waals surface area contributed by atoms with Gasteiger partial charge in [0.15, 0.2) is 0 Å². The molecule has 0 aliphatic rings. The fraction of sp³-hybridized carbons (Fsp3) is 0.222. The van der Waals surface area contributed by atoms with E-state index in [4.69, 9.17) is 5.73 Å². The van der Waals surface area contributed by atoms with Crippen LogP contribution >= 0.6 is 15.9 Å². The Hall–Kier alpha value is -1.31. The molecular formula is C9H7BrF4N2O. The molecule has 17 heavy (non-hydrogen) atoms. The standard InChI is InChI=1S/C9H7BrF4N2O/c10-4-1-2-6(5(15)3-4)16-8(17)9(13,14)7(11)12/h1-3,7H,15H2,(H,16,17). The summed E-state index contributed by atoms with van der Waals surface area (Å²) in [6.07, 6.45) is -4.07. The lowest BCUT2D eigenvalue weighted by molar-refractivity contribution is -0.163. The third-order valence-corrected chi connectivity index (χ3v) is 2.33. The SMILES string of the molecule is Nc1cc(Br)ccc1NC(=O)C(F)(F)C(F)F. The number of rotatable bonds is 3. The van der Waals surface area contributed by atoms with Crippen molar-refractivity contribution in [3.8, 4) is 0 Å². The molecule has 0 radical (unpaired) electrons. The number of nitrogens with one attached hydrogen (secondary N) is 1. The zero-order valence-electron chi connectivity index (χ0n) is 8.18. The lowest BCUT2D eigenvalue weighted by atomic mass is 10.2. The molecule has 1 amide bonds. The Morgan fingerprint density at radius 3 is 2.47 bits per heavy atom. The molecule has 0 saturated carbocycles. The van der Waals surface area contributed by atoms with Gasteiger partial charge in [0.2, 0.25) is 0 Å². The van der Waals surface area contributed by atoms with E-state index in [-0.39, 0.29) is 11.4 Å². The normalized spacial score (nSPS) is 11.6. The first kappa shape index (κ1) is 13.8. The number of hydrogen-bond donors (Lipinski definition) is 2. The molecule has 8 heteroatoms. The van der Waals surface area contributed by atoms with Crippen LogP contribution in [0.3, 0.4) is 0 Å². The lowest BCUT2D eigenvalue weighted by Gasteiger charge is -2.15. The van der Waals surface area contributed by atoms with Gasteiger partial charge in [0.05, 0.1) is 11.4 Å². The number of nitrogens with two attached hydrogens (primary N) is 1. The number of carbonyl (C=O) groups excluding carboxylic acids is 1. The smallest absolute Gasteiger partial charge is 0.383 e. The Balaban J connectivity index is 2.89. The fourth-order valence-corrected chi connectivity index (χ4v) is 1.33. The van der Waals surface area contributed by atoms with Crippen LogP contribution in [0.2, 0.25) is 0 Å². The molecule has 0 unspecified atom stereocenters. The number of anilines is 2. The second-order valence-corrected chi connectivity index (χ2v) is 4.03. The van der Waals surface area contributed by atoms with Crippen molar-refractivity contribution in [3.05, 3.63) is 22.7 Å². The van der Waals surface area contributed by atoms with Gasteiger partial charge in [-0.1, -0.05) is 15.9 Å². The molecule has 3 nitrogen and oxygen atoms in total. The molecule has 0 heterocycles. The molecule has 0 aromatic heterocycles. The highest BCUT2D eigenvalue weighted by molar-refractivity contribution is 9.10. The zero-order chi connectivity index (χ0) is 13.2. The van der Waals surface area contributed by atoms with E-state index in [0.717, 1.165) is 0 Å². The van der Waals surface area contributed by atoms with Crippen LogP contribution in [0, 0.1) is 0 Å². The Kier molecular flexibility index (Phi) is 3.97. The van der Waals surface area contributed by atoms with Crippen LogP contribution in [0.1, 0.15) is 0 Å². The van der Waals surface area contributed by atoms with E-state index in [1.165, 1.54) is 18.2 Å². The van der Waals surface area contributed by atoms with E-state index in [0.29, 0.717) is 4.47 Å². The van der Waals surface area contributed by atoms with E-state index in [1.54, 1.807) is 5.32 Å². The van der Waals surface area contributed by atoms with Gasteiger partial charge in [-0.05, 0) is 18.2 Å². The van der Waals surface area contributed by atoms with Crippen molar-refractivity contribution in [1.29, 1.82) is 0 Å². The average Bonchev–Trinajstić information content (AvgIpc) is 2.21. The van der Waals surface area contributed by atoms with Crippen LogP contribution in [0.25, 0.3) is 0 Å². The molecule has 0 aliphatic carbocycles. The van der Waals surface area contributed by atoms with Crippen molar-refractivity contribution in [2.24, 2.45) is 0 Å². The molecule has 0 bridgehead atoms. The predicted molar refractivity (Wildman–Crippen MR) is 58.1 cm³/mol. The Labute approximate surface area is 102 Å². The lowest BCUT2D eigenvalue weighted by Crippen LogP contribution is -2.41. The summed E-state index contributed by atoms with van der Waals surface area (Å²) in [7, 11) is 0. The van der Waals surface area contributed by atoms with E-state index in [9.17, 15) is 22.4 Å². The molecule has 94 valence electrons. The summed E-state index contributed by atoms with van der Waals surface area (Å²) in [5.74, 6) is -6.85. The van der Waals surface area contributed by atoms with E-state index in [1.807, 2.05) is 0 Å². The minimum Gasteiger partial charge on any atom is -0.397 e. The van der Waals surface area contributed by atoms with Crippen LogP contribution in [0.15, 0.2) is 22.7 Å². The number of alkyl halides is 4. The zero-order valence-corrected chi connectivity index (χ0v) is 9.77. The number of halogens is 5. The first-order chi connectivity index (χ1) is 7.75. The maximum Gasteiger partial charge on any atom is 0.383 e. The van der Waals surface area contributed by atoms with E-state index >= 15 is 0 Å². The summed E-state index contributed by atoms with van der Waals surface area (Å²) in [5, 5.41) is 1.64. The molecule has 1 aromatic carbocycles. The quantitative estimate of drug-likeness (QED) is 0.666. The first-order valence-electron chi connectivity index (χ1n) is 4.27. The summed E-state index contributed by atoms with van der Waals surface area (Å²) >= 11 is 3.06. The number of hydrogen-bond acceptors (Lipinski definition) is 2. The highest BCUT2D eigenvalue weighted by Gasteiger charge is 2.49. The Morgan fingerprint density at radius 2 is 2.00 bits per heavy atom. The summed E-state index contributed by atoms with van der Waals surface area (Å²) in [5.41, 5.74) is 5.24. The van der Waals surface area contributed by atoms with Gasteiger partial charge in [-0.3, -0.25) is 4.79 Å². The van der Waals surface area contributed by atoms with Crippen molar-refractivity contribution >= 4 is 33.2 Å². The van der Waals surface area contributed by atoms with Crippen molar-refractivity contribution in [1.82, 2.24) is 0 Å². The summed E-state index contributed by atoms with van der Waals surface area (Å²) < 4.78 is 49.6. The second-order valence-electron chi connectivity index (χ2n) is 3.11. The molecule has 1 aromatic rings. The van der Waals surface area contributed by atoms with Gasteiger partial charge in [0.1, 0.15) is 0 Å². The van der Waals surface area contributed by atoms with Crippen molar-refractivity contribution in [2.45, 2.75) is 12.3 Å². The molecule has 1 rings (SSSR count). The summed E-state index contributed by atoms with van der Waals surface area (Å²) in [6, 6.07) is 3.99. The van der Waals surface area contributed by atoms with Crippen LogP contribution in [0.4, 0.5) is 28.9 Å². The Bertz CT molecular complexity index is 439. The van der Waals surface area contributed by atoms with Gasteiger partial charge in [-0.25, -0.2) is 8.78 Å². The van der Waals surface area contributed by atoms with Crippen LogP contribution in [-0.2, 0) is 4.79 Å². The predicted octanol–water partition coefficient (Wildman–Crippen LogP) is 2.87. The highest BCUT2D eigenvalue weighted by Crippen LogP contribution is 2.28. The fourth-order valence-electron chi connectivity index (χ4n) is 0.952. The monoisotopic (exact) mass is 314 g/mol. The van der Waals surface area contributed by atoms with E-state index in [2.05, 4.69) is 15.9 Å². The molecule has 0 aliphatic heterocycles. The van der Waals surface area contributed by atoms with Gasteiger partial charge in [-0.15, -0.1) is 0 Å². The van der Waals surface area contributed by atoms with Gasteiger partial charge in [0.25, 0.3) is 0 Å². The van der Waals surface area contributed by atoms with Crippen LogP contribution in [0.5, 0.6) is 0 Å². The van der Waals surface area contributed by atoms with Crippen molar-refractivity contribution in [2.75, 3.05) is 11.1 Å². The molecule has 3 N–H and O–H groups in total. The minimum absolute atomic E-state index is 0.0159. The average molecular weight is 315 g/mol. The topological polar surface area (TPSA) is 55.1 Å². The van der Waals surface area contributed by atoms with Crippen LogP contribution in [-0.4, -0.2) is 18.3 Å². The van der Waals surface area contributed by atoms with E-state index < -0.39 is 18.3 Å². The highest BCUT2D eigenvalue weighted by atomic mass is 79.9. The third kappa shape index (κ3) is 3.09. The van der Waals surface area contributed by atoms with Crippen molar-refractivity contribution in [3.63, 3.8) is 0 Å². The molecule has 0 fully saturated rings. The minimum atomic E-state index is -4.75. The maximum atomic E-state index is 12.6. The number of amides is 1. The Morgan fingerprint density at radius 1 is 1.41 bits per heavy atom. The molecule has 0 spiro atoms. The molecule has 0 saturated heterocycles. The number of nitrogen functional groups attached to an aromatic ring is 1. The van der Waals surface area contributed by atoms with Gasteiger partial charge in [0, 0.05) is 4.47 Å². The number of carbonyl (C=O) groups is 1. The third-order valence-electron chi connectivity index (χ3n) is 1.84. The maximum absolute atomic E-state index is 12.6. The second kappa shape index (κ2) is 4.91. The summed E-state index contributed by atoms with van der Waals surface area (Å²) in [4.78, 5) is 10.9. The van der Waals surface area contributed by atoms with Gasteiger partial charge < -0.3 is 11.1 Å². The van der Waals surface area contributed by atoms with Crippen molar-refractivity contribution < 1.29 is 22.4 Å². The molecular weight excluding hydrogens is 308 g/mol. The summed E-state index contributed by atoms with van der Waals surface area (Å²) in [6.45, 7) is 0. The van der Waals surface area contributed by atoms with Gasteiger partial charge >= 0.3 is 18.3 Å². The largest absolute Gasteiger partial charge is 0.397 e.